The highest BCUT2D eigenvalue weighted by molar-refractivity contribution is 8.15. The Bertz CT molecular complexity index is 982. The molecule has 0 saturated carbocycles. The summed E-state index contributed by atoms with van der Waals surface area (Å²) in [4.78, 5) is 20.8. The van der Waals surface area contributed by atoms with Crippen molar-refractivity contribution in [2.75, 3.05) is 10.7 Å². The summed E-state index contributed by atoms with van der Waals surface area (Å²) in [5.74, 6) is 0.434. The van der Waals surface area contributed by atoms with Gasteiger partial charge in [0.1, 0.15) is 0 Å². The summed E-state index contributed by atoms with van der Waals surface area (Å²) in [5.41, 5.74) is 6.82. The predicted molar refractivity (Wildman–Crippen MR) is 115 cm³/mol. The number of para-hydroxylation sites is 2. The molecule has 7 heteroatoms. The normalized spacial score (nSPS) is 19.8. The first-order chi connectivity index (χ1) is 13.1. The van der Waals surface area contributed by atoms with E-state index >= 15 is 0 Å². The number of fused-ring (bicyclic) bond motifs is 1. The quantitative estimate of drug-likeness (QED) is 0.763. The SMILES string of the molecule is CC1=Nc2ccccc2S/C1=C(/C)N/N=C1\SCC(=O)N1c1ccccc1. The van der Waals surface area contributed by atoms with Crippen molar-refractivity contribution in [2.24, 2.45) is 10.1 Å². The van der Waals surface area contributed by atoms with Gasteiger partial charge in [-0.25, -0.2) is 0 Å². The molecule has 1 N–H and O–H groups in total. The van der Waals surface area contributed by atoms with Crippen molar-refractivity contribution < 1.29 is 4.79 Å². The van der Waals surface area contributed by atoms with E-state index in [1.54, 1.807) is 16.7 Å². The number of aliphatic imine (C=N–C) groups is 1. The maximum Gasteiger partial charge on any atom is 0.243 e. The van der Waals surface area contributed by atoms with Gasteiger partial charge < -0.3 is 0 Å². The van der Waals surface area contributed by atoms with Gasteiger partial charge in [0.2, 0.25) is 5.91 Å². The third-order valence-electron chi connectivity index (χ3n) is 4.13. The smallest absolute Gasteiger partial charge is 0.243 e. The summed E-state index contributed by atoms with van der Waals surface area (Å²) in [5, 5.41) is 5.16. The zero-order chi connectivity index (χ0) is 18.8. The van der Waals surface area contributed by atoms with Gasteiger partial charge in [-0.2, -0.15) is 0 Å². The Morgan fingerprint density at radius 1 is 1.15 bits per heavy atom. The second kappa shape index (κ2) is 7.62. The molecule has 1 amide bonds. The fourth-order valence-corrected chi connectivity index (χ4v) is 4.66. The van der Waals surface area contributed by atoms with Gasteiger partial charge in [0, 0.05) is 10.6 Å². The number of benzene rings is 2. The molecule has 0 aromatic heterocycles. The van der Waals surface area contributed by atoms with Gasteiger partial charge in [0.05, 0.1) is 27.7 Å². The van der Waals surface area contributed by atoms with Crippen LogP contribution in [0.2, 0.25) is 0 Å². The molecule has 0 radical (unpaired) electrons. The van der Waals surface area contributed by atoms with Crippen LogP contribution in [0.3, 0.4) is 0 Å². The minimum atomic E-state index is 0.0377. The maximum atomic E-state index is 12.3. The second-order valence-electron chi connectivity index (χ2n) is 6.08. The van der Waals surface area contributed by atoms with E-state index in [1.165, 1.54) is 11.8 Å². The first kappa shape index (κ1) is 17.9. The van der Waals surface area contributed by atoms with E-state index < -0.39 is 0 Å². The fourth-order valence-electron chi connectivity index (χ4n) is 2.86. The number of thioether (sulfide) groups is 2. The average Bonchev–Trinajstić information content (AvgIpc) is 3.06. The topological polar surface area (TPSA) is 57.1 Å². The summed E-state index contributed by atoms with van der Waals surface area (Å²) in [6.45, 7) is 3.98. The number of allylic oxidation sites excluding steroid dienone is 2. The van der Waals surface area contributed by atoms with Crippen LogP contribution in [-0.2, 0) is 4.79 Å². The lowest BCUT2D eigenvalue weighted by atomic mass is 10.3. The van der Waals surface area contributed by atoms with Crippen molar-refractivity contribution in [3.8, 4) is 0 Å². The van der Waals surface area contributed by atoms with Gasteiger partial charge in [-0.3, -0.25) is 20.1 Å². The Hall–Kier alpha value is -2.51. The van der Waals surface area contributed by atoms with Gasteiger partial charge in [-0.05, 0) is 38.1 Å². The Balaban J connectivity index is 1.59. The molecular formula is C20H18N4OS2. The number of hydrazone groups is 1. The van der Waals surface area contributed by atoms with Gasteiger partial charge in [0.15, 0.2) is 5.17 Å². The number of carbonyl (C=O) groups excluding carboxylic acids is 1. The van der Waals surface area contributed by atoms with Crippen LogP contribution in [0.15, 0.2) is 80.2 Å². The lowest BCUT2D eigenvalue weighted by Crippen LogP contribution is -2.30. The van der Waals surface area contributed by atoms with Crippen molar-refractivity contribution >= 4 is 51.7 Å². The van der Waals surface area contributed by atoms with Gasteiger partial charge in [-0.15, -0.1) is 5.10 Å². The van der Waals surface area contributed by atoms with Crippen molar-refractivity contribution in [3.63, 3.8) is 0 Å². The largest absolute Gasteiger partial charge is 0.279 e. The number of nitrogens with one attached hydrogen (secondary N) is 1. The third kappa shape index (κ3) is 3.65. The second-order valence-corrected chi connectivity index (χ2v) is 8.08. The summed E-state index contributed by atoms with van der Waals surface area (Å²) in [6.07, 6.45) is 0. The molecule has 2 aliphatic rings. The van der Waals surface area contributed by atoms with Crippen LogP contribution < -0.4 is 10.3 Å². The highest BCUT2D eigenvalue weighted by atomic mass is 32.2. The lowest BCUT2D eigenvalue weighted by Gasteiger charge is -2.19. The summed E-state index contributed by atoms with van der Waals surface area (Å²) in [7, 11) is 0. The molecule has 1 saturated heterocycles. The van der Waals surface area contributed by atoms with E-state index in [1.807, 2.05) is 62.4 Å². The molecule has 2 aromatic carbocycles. The van der Waals surface area contributed by atoms with Crippen LogP contribution in [0.1, 0.15) is 13.8 Å². The number of anilines is 1. The van der Waals surface area contributed by atoms with Crippen LogP contribution in [0.25, 0.3) is 0 Å². The van der Waals surface area contributed by atoms with Crippen LogP contribution >= 0.6 is 23.5 Å². The molecule has 27 heavy (non-hydrogen) atoms. The van der Waals surface area contributed by atoms with Crippen molar-refractivity contribution in [1.29, 1.82) is 0 Å². The molecule has 0 unspecified atom stereocenters. The maximum absolute atomic E-state index is 12.3. The number of amidine groups is 1. The minimum Gasteiger partial charge on any atom is -0.279 e. The molecule has 0 aliphatic carbocycles. The number of carbonyl (C=O) groups is 1. The van der Waals surface area contributed by atoms with Crippen molar-refractivity contribution in [2.45, 2.75) is 18.7 Å². The molecular weight excluding hydrogens is 376 g/mol. The van der Waals surface area contributed by atoms with Crippen molar-refractivity contribution in [3.05, 3.63) is 65.2 Å². The molecule has 0 atom stereocenters. The van der Waals surface area contributed by atoms with E-state index in [2.05, 4.69) is 21.6 Å². The van der Waals surface area contributed by atoms with Crippen molar-refractivity contribution in [1.82, 2.24) is 5.43 Å². The van der Waals surface area contributed by atoms with E-state index in [0.29, 0.717) is 10.9 Å². The van der Waals surface area contributed by atoms with Gasteiger partial charge in [-0.1, -0.05) is 53.9 Å². The first-order valence-electron chi connectivity index (χ1n) is 8.51. The zero-order valence-corrected chi connectivity index (χ0v) is 16.6. The molecule has 2 heterocycles. The zero-order valence-electron chi connectivity index (χ0n) is 15.0. The molecule has 1 fully saturated rings. The van der Waals surface area contributed by atoms with Gasteiger partial charge in [0.25, 0.3) is 0 Å². The Kier molecular flexibility index (Phi) is 5.05. The fraction of sp³-hybridized carbons (Fsp3) is 0.150. The van der Waals surface area contributed by atoms with Crippen LogP contribution in [0.5, 0.6) is 0 Å². The average molecular weight is 395 g/mol. The molecule has 5 nitrogen and oxygen atoms in total. The highest BCUT2D eigenvalue weighted by Gasteiger charge is 2.29. The Labute approximate surface area is 166 Å². The lowest BCUT2D eigenvalue weighted by molar-refractivity contribution is -0.115. The number of rotatable bonds is 3. The summed E-state index contributed by atoms with van der Waals surface area (Å²) in [6, 6.07) is 17.7. The monoisotopic (exact) mass is 394 g/mol. The molecule has 0 bridgehead atoms. The number of amides is 1. The Morgan fingerprint density at radius 3 is 2.70 bits per heavy atom. The van der Waals surface area contributed by atoms with E-state index in [0.717, 1.165) is 32.6 Å². The summed E-state index contributed by atoms with van der Waals surface area (Å²) >= 11 is 3.12. The molecule has 2 aliphatic heterocycles. The summed E-state index contributed by atoms with van der Waals surface area (Å²) < 4.78 is 0. The van der Waals surface area contributed by atoms with Crippen LogP contribution in [0, 0.1) is 0 Å². The third-order valence-corrected chi connectivity index (χ3v) is 6.43. The molecule has 136 valence electrons. The van der Waals surface area contributed by atoms with E-state index in [4.69, 9.17) is 0 Å². The van der Waals surface area contributed by atoms with Gasteiger partial charge >= 0.3 is 0 Å². The standard InChI is InChI=1S/C20H18N4OS2/c1-13-19(27-17-11-7-6-10-16(17)21-13)14(2)22-23-20-24(18(25)12-26-20)15-8-4-3-5-9-15/h3-11,22H,12H2,1-2H3/b19-14-,23-20-. The predicted octanol–water partition coefficient (Wildman–Crippen LogP) is 4.76. The molecule has 4 rings (SSSR count). The number of nitrogens with zero attached hydrogens (tertiary/aromatic N) is 3. The molecule has 2 aromatic rings. The highest BCUT2D eigenvalue weighted by Crippen LogP contribution is 2.40. The number of hydrogen-bond donors (Lipinski definition) is 1. The minimum absolute atomic E-state index is 0.0377. The van der Waals surface area contributed by atoms with E-state index in [-0.39, 0.29) is 5.91 Å². The first-order valence-corrected chi connectivity index (χ1v) is 10.3. The van der Waals surface area contributed by atoms with Crippen LogP contribution in [0.4, 0.5) is 11.4 Å². The van der Waals surface area contributed by atoms with E-state index in [9.17, 15) is 4.79 Å². The number of hydrogen-bond acceptors (Lipinski definition) is 6. The van der Waals surface area contributed by atoms with Crippen LogP contribution in [-0.4, -0.2) is 22.5 Å². The molecule has 0 spiro atoms. The Morgan fingerprint density at radius 2 is 1.89 bits per heavy atom.